The third-order valence-corrected chi connectivity index (χ3v) is 1.41. The molecule has 0 N–H and O–H groups in total. The van der Waals surface area contributed by atoms with Gasteiger partial charge < -0.3 is 9.32 Å². The molecule has 0 unspecified atom stereocenters. The summed E-state index contributed by atoms with van der Waals surface area (Å²) in [5.41, 5.74) is 0.0307. The van der Waals surface area contributed by atoms with Crippen molar-refractivity contribution < 1.29 is 18.0 Å². The summed E-state index contributed by atoms with van der Waals surface area (Å²) in [6, 6.07) is 0. The third kappa shape index (κ3) is 2.50. The number of nitrogens with zero attached hydrogens (tertiary/aromatic N) is 2. The molecule has 6 heteroatoms. The van der Waals surface area contributed by atoms with Gasteiger partial charge in [0.2, 0.25) is 0 Å². The second-order valence-corrected chi connectivity index (χ2v) is 2.45. The lowest BCUT2D eigenvalue weighted by Crippen LogP contribution is -2.31. The highest BCUT2D eigenvalue weighted by molar-refractivity contribution is 5.91. The number of aromatic nitrogens is 1. The van der Waals surface area contributed by atoms with Gasteiger partial charge in [-0.1, -0.05) is 0 Å². The second kappa shape index (κ2) is 3.97. The maximum atomic E-state index is 11.8. The van der Waals surface area contributed by atoms with E-state index in [4.69, 9.17) is 0 Å². The molecule has 13 heavy (non-hydrogen) atoms. The predicted octanol–water partition coefficient (Wildman–Crippen LogP) is 1.01. The molecular weight excluding hydrogens is 182 g/mol. The molecule has 0 atom stereocenters. The topological polar surface area (TPSA) is 46.3 Å². The maximum Gasteiger partial charge on any atom is 0.275 e. The van der Waals surface area contributed by atoms with E-state index in [2.05, 4.69) is 9.40 Å². The minimum Gasteiger partial charge on any atom is -0.451 e. The lowest BCUT2D eigenvalue weighted by atomic mass is 10.4. The van der Waals surface area contributed by atoms with Crippen molar-refractivity contribution in [3.8, 4) is 0 Å². The van der Waals surface area contributed by atoms with Crippen LogP contribution < -0.4 is 0 Å². The van der Waals surface area contributed by atoms with Crippen molar-refractivity contribution in [1.29, 1.82) is 0 Å². The van der Waals surface area contributed by atoms with Gasteiger partial charge in [-0.05, 0) is 0 Å². The summed E-state index contributed by atoms with van der Waals surface area (Å²) in [5.74, 6) is -0.575. The van der Waals surface area contributed by atoms with Gasteiger partial charge in [-0.25, -0.2) is 13.8 Å². The molecule has 1 aromatic heterocycles. The Labute approximate surface area is 73.2 Å². The highest BCUT2D eigenvalue weighted by Gasteiger charge is 2.17. The average molecular weight is 190 g/mol. The summed E-state index contributed by atoms with van der Waals surface area (Å²) in [5, 5.41) is 0. The van der Waals surface area contributed by atoms with Gasteiger partial charge in [0.1, 0.15) is 6.26 Å². The normalized spacial score (nSPS) is 10.5. The Kier molecular flexibility index (Phi) is 2.94. The van der Waals surface area contributed by atoms with Gasteiger partial charge in [0, 0.05) is 7.05 Å². The van der Waals surface area contributed by atoms with Crippen LogP contribution in [-0.2, 0) is 0 Å². The molecule has 0 bridgehead atoms. The Morgan fingerprint density at radius 1 is 1.77 bits per heavy atom. The van der Waals surface area contributed by atoms with E-state index in [1.807, 2.05) is 0 Å². The van der Waals surface area contributed by atoms with Crippen LogP contribution in [-0.4, -0.2) is 35.8 Å². The van der Waals surface area contributed by atoms with E-state index < -0.39 is 18.9 Å². The van der Waals surface area contributed by atoms with E-state index in [0.717, 1.165) is 17.6 Å². The Bertz CT molecular complexity index is 274. The molecule has 1 amide bonds. The van der Waals surface area contributed by atoms with Gasteiger partial charge >= 0.3 is 0 Å². The molecule has 1 heterocycles. The number of carbonyl (C=O) groups is 1. The second-order valence-electron chi connectivity index (χ2n) is 2.45. The monoisotopic (exact) mass is 190 g/mol. The Morgan fingerprint density at radius 3 is 2.92 bits per heavy atom. The average Bonchev–Trinajstić information content (AvgIpc) is 2.53. The molecule has 0 aliphatic heterocycles. The number of amides is 1. The van der Waals surface area contributed by atoms with Gasteiger partial charge in [0.25, 0.3) is 12.3 Å². The molecule has 0 spiro atoms. The number of halogens is 2. The lowest BCUT2D eigenvalue weighted by molar-refractivity contribution is 0.0615. The summed E-state index contributed by atoms with van der Waals surface area (Å²) < 4.78 is 28.2. The van der Waals surface area contributed by atoms with Crippen molar-refractivity contribution in [3.05, 3.63) is 18.4 Å². The molecule has 0 fully saturated rings. The van der Waals surface area contributed by atoms with Crippen LogP contribution in [0.25, 0.3) is 0 Å². The highest BCUT2D eigenvalue weighted by Crippen LogP contribution is 2.02. The maximum absolute atomic E-state index is 11.8. The Hall–Kier alpha value is -1.46. The predicted molar refractivity (Wildman–Crippen MR) is 39.5 cm³/mol. The van der Waals surface area contributed by atoms with Crippen molar-refractivity contribution in [2.75, 3.05) is 13.6 Å². The number of oxazole rings is 1. The SMILES string of the molecule is CN(CC(F)F)C(=O)c1cocn1. The number of carbonyl (C=O) groups excluding carboxylic acids is 1. The molecule has 0 aliphatic carbocycles. The van der Waals surface area contributed by atoms with Crippen LogP contribution in [0, 0.1) is 0 Å². The summed E-state index contributed by atoms with van der Waals surface area (Å²) >= 11 is 0. The standard InChI is InChI=1S/C7H8F2N2O2/c1-11(2-6(8)9)7(12)5-3-13-4-10-5/h3-4,6H,2H2,1H3. The first-order valence-electron chi connectivity index (χ1n) is 3.53. The molecule has 1 rings (SSSR count). The fraction of sp³-hybridized carbons (Fsp3) is 0.429. The van der Waals surface area contributed by atoms with Gasteiger partial charge in [0.15, 0.2) is 12.1 Å². The zero-order chi connectivity index (χ0) is 9.84. The van der Waals surface area contributed by atoms with Crippen LogP contribution in [0.1, 0.15) is 10.5 Å². The Balaban J connectivity index is 2.58. The molecule has 72 valence electrons. The van der Waals surface area contributed by atoms with Crippen molar-refractivity contribution in [1.82, 2.24) is 9.88 Å². The summed E-state index contributed by atoms with van der Waals surface area (Å²) in [6.45, 7) is -0.605. The molecule has 0 saturated carbocycles. The molecule has 4 nitrogen and oxygen atoms in total. The van der Waals surface area contributed by atoms with E-state index in [0.29, 0.717) is 0 Å². The zero-order valence-electron chi connectivity index (χ0n) is 6.91. The largest absolute Gasteiger partial charge is 0.451 e. The first kappa shape index (κ1) is 9.63. The smallest absolute Gasteiger partial charge is 0.275 e. The molecule has 1 aromatic rings. The van der Waals surface area contributed by atoms with Crippen LogP contribution in [0.4, 0.5) is 8.78 Å². The van der Waals surface area contributed by atoms with Crippen LogP contribution >= 0.6 is 0 Å². The summed E-state index contributed by atoms with van der Waals surface area (Å²) in [4.78, 5) is 15.6. The van der Waals surface area contributed by atoms with Gasteiger partial charge in [-0.2, -0.15) is 0 Å². The van der Waals surface area contributed by atoms with Crippen LogP contribution in [0.15, 0.2) is 17.1 Å². The Morgan fingerprint density at radius 2 is 2.46 bits per heavy atom. The zero-order valence-corrected chi connectivity index (χ0v) is 6.91. The van der Waals surface area contributed by atoms with E-state index in [1.165, 1.54) is 7.05 Å². The number of alkyl halides is 2. The molecule has 0 aromatic carbocycles. The fourth-order valence-electron chi connectivity index (χ4n) is 0.804. The fourth-order valence-corrected chi connectivity index (χ4v) is 0.804. The van der Waals surface area contributed by atoms with Crippen LogP contribution in [0.5, 0.6) is 0 Å². The highest BCUT2D eigenvalue weighted by atomic mass is 19.3. The van der Waals surface area contributed by atoms with E-state index in [1.54, 1.807) is 0 Å². The minimum absolute atomic E-state index is 0.0307. The summed E-state index contributed by atoms with van der Waals surface area (Å²) in [6.07, 6.45) is -0.353. The van der Waals surface area contributed by atoms with Crippen molar-refractivity contribution in [3.63, 3.8) is 0 Å². The quantitative estimate of drug-likeness (QED) is 0.714. The number of rotatable bonds is 3. The molecule has 0 saturated heterocycles. The van der Waals surface area contributed by atoms with Crippen molar-refractivity contribution >= 4 is 5.91 Å². The van der Waals surface area contributed by atoms with E-state index in [9.17, 15) is 13.6 Å². The van der Waals surface area contributed by atoms with E-state index in [-0.39, 0.29) is 5.69 Å². The first-order valence-corrected chi connectivity index (χ1v) is 3.53. The summed E-state index contributed by atoms with van der Waals surface area (Å²) in [7, 11) is 1.28. The molecular formula is C7H8F2N2O2. The van der Waals surface area contributed by atoms with Gasteiger partial charge in [-0.3, -0.25) is 4.79 Å². The molecule has 0 aliphatic rings. The minimum atomic E-state index is -2.54. The third-order valence-electron chi connectivity index (χ3n) is 1.41. The van der Waals surface area contributed by atoms with E-state index >= 15 is 0 Å². The first-order chi connectivity index (χ1) is 6.11. The van der Waals surface area contributed by atoms with Gasteiger partial charge in [-0.15, -0.1) is 0 Å². The number of hydrogen-bond acceptors (Lipinski definition) is 3. The number of hydrogen-bond donors (Lipinski definition) is 0. The van der Waals surface area contributed by atoms with Crippen LogP contribution in [0.3, 0.4) is 0 Å². The van der Waals surface area contributed by atoms with Crippen molar-refractivity contribution in [2.45, 2.75) is 6.43 Å². The van der Waals surface area contributed by atoms with Gasteiger partial charge in [0.05, 0.1) is 6.54 Å². The van der Waals surface area contributed by atoms with Crippen molar-refractivity contribution in [2.24, 2.45) is 0 Å². The lowest BCUT2D eigenvalue weighted by Gasteiger charge is -2.14. The molecule has 0 radical (unpaired) electrons. The van der Waals surface area contributed by atoms with Crippen LogP contribution in [0.2, 0.25) is 0 Å².